The number of amides is 1. The molecule has 0 bridgehead atoms. The maximum Gasteiger partial charge on any atom is 0.278 e. The van der Waals surface area contributed by atoms with Crippen molar-refractivity contribution in [1.29, 1.82) is 0 Å². The fourth-order valence-electron chi connectivity index (χ4n) is 3.51. The molecule has 1 aliphatic rings. The molecule has 1 fully saturated rings. The van der Waals surface area contributed by atoms with Gasteiger partial charge in [0.05, 0.1) is 17.9 Å². The van der Waals surface area contributed by atoms with Crippen LogP contribution in [0.1, 0.15) is 28.5 Å². The molecule has 4 rings (SSSR count). The monoisotopic (exact) mass is 363 g/mol. The Morgan fingerprint density at radius 3 is 2.81 bits per heavy atom. The van der Waals surface area contributed by atoms with Gasteiger partial charge in [0.1, 0.15) is 0 Å². The topological polar surface area (TPSA) is 111 Å². The third-order valence-corrected chi connectivity index (χ3v) is 4.77. The Morgan fingerprint density at radius 1 is 1.26 bits per heavy atom. The van der Waals surface area contributed by atoms with E-state index in [0.717, 1.165) is 19.5 Å². The van der Waals surface area contributed by atoms with Gasteiger partial charge in [-0.1, -0.05) is 30.3 Å². The zero-order valence-electron chi connectivity index (χ0n) is 14.7. The Hall–Kier alpha value is -3.26. The highest BCUT2D eigenvalue weighted by molar-refractivity contribution is 6.05. The van der Waals surface area contributed by atoms with Crippen LogP contribution in [0.25, 0.3) is 0 Å². The summed E-state index contributed by atoms with van der Waals surface area (Å²) in [5, 5.41) is 10.7. The van der Waals surface area contributed by atoms with Crippen LogP contribution in [0.3, 0.4) is 0 Å². The number of benzene rings is 1. The van der Waals surface area contributed by atoms with E-state index in [1.807, 2.05) is 29.1 Å². The van der Waals surface area contributed by atoms with Gasteiger partial charge in [-0.15, -0.1) is 0 Å². The highest BCUT2D eigenvalue weighted by Crippen LogP contribution is 2.31. The third-order valence-electron chi connectivity index (χ3n) is 4.77. The Bertz CT molecular complexity index is 919. The third kappa shape index (κ3) is 3.65. The Kier molecular flexibility index (Phi) is 4.80. The molecule has 0 aliphatic carbocycles. The number of carbonyl (C=O) groups excluding carboxylic acids is 1. The van der Waals surface area contributed by atoms with E-state index < -0.39 is 5.91 Å². The molecule has 27 heavy (non-hydrogen) atoms. The molecule has 138 valence electrons. The number of hydrogen-bond acceptors (Lipinski definition) is 6. The lowest BCUT2D eigenvalue weighted by atomic mass is 9.92. The lowest BCUT2D eigenvalue weighted by molar-refractivity contribution is 0.102. The fourth-order valence-corrected chi connectivity index (χ4v) is 3.51. The van der Waals surface area contributed by atoms with Crippen molar-refractivity contribution in [2.75, 3.05) is 24.1 Å². The molecule has 1 aromatic carbocycles. The lowest BCUT2D eigenvalue weighted by Crippen LogP contribution is -2.23. The first kappa shape index (κ1) is 17.2. The fraction of sp³-hybridized carbons (Fsp3) is 0.263. The number of aromatic nitrogens is 4. The summed E-state index contributed by atoms with van der Waals surface area (Å²) in [6.07, 6.45) is 7.46. The van der Waals surface area contributed by atoms with Crippen molar-refractivity contribution < 1.29 is 4.79 Å². The van der Waals surface area contributed by atoms with Gasteiger partial charge in [-0.25, -0.2) is 9.97 Å². The average molecular weight is 363 g/mol. The minimum Gasteiger partial charge on any atom is -0.382 e. The molecule has 1 saturated heterocycles. The SMILES string of the molecule is Nc1nccnc1C(=O)Nc1cnn(C(c2ccccc2)C2CCNC2)c1. The van der Waals surface area contributed by atoms with Gasteiger partial charge >= 0.3 is 0 Å². The first-order valence-corrected chi connectivity index (χ1v) is 8.90. The number of hydrogen-bond donors (Lipinski definition) is 3. The number of nitrogens with two attached hydrogens (primary N) is 1. The second-order valence-corrected chi connectivity index (χ2v) is 6.56. The van der Waals surface area contributed by atoms with Crippen LogP contribution in [0.15, 0.2) is 55.1 Å². The predicted molar refractivity (Wildman–Crippen MR) is 102 cm³/mol. The second-order valence-electron chi connectivity index (χ2n) is 6.56. The maximum atomic E-state index is 12.4. The van der Waals surface area contributed by atoms with Crippen LogP contribution in [-0.2, 0) is 0 Å². The van der Waals surface area contributed by atoms with Gasteiger partial charge < -0.3 is 16.4 Å². The zero-order valence-corrected chi connectivity index (χ0v) is 14.7. The molecule has 8 nitrogen and oxygen atoms in total. The molecule has 1 aliphatic heterocycles. The molecule has 0 radical (unpaired) electrons. The summed E-state index contributed by atoms with van der Waals surface area (Å²) in [6, 6.07) is 10.4. The van der Waals surface area contributed by atoms with Crippen LogP contribution >= 0.6 is 0 Å². The minimum absolute atomic E-state index is 0.0987. The van der Waals surface area contributed by atoms with E-state index in [2.05, 4.69) is 37.8 Å². The number of anilines is 2. The van der Waals surface area contributed by atoms with Gasteiger partial charge in [0.2, 0.25) is 0 Å². The van der Waals surface area contributed by atoms with Gasteiger partial charge in [0, 0.05) is 25.1 Å². The first-order chi connectivity index (χ1) is 13.2. The van der Waals surface area contributed by atoms with E-state index in [0.29, 0.717) is 11.6 Å². The summed E-state index contributed by atoms with van der Waals surface area (Å²) < 4.78 is 1.92. The summed E-state index contributed by atoms with van der Waals surface area (Å²) in [6.45, 7) is 1.95. The number of carbonyl (C=O) groups is 1. The summed E-state index contributed by atoms with van der Waals surface area (Å²) in [5.74, 6) is 0.131. The van der Waals surface area contributed by atoms with Gasteiger partial charge in [-0.3, -0.25) is 9.48 Å². The molecule has 0 saturated carbocycles. The second kappa shape index (κ2) is 7.55. The van der Waals surface area contributed by atoms with E-state index in [1.165, 1.54) is 18.0 Å². The van der Waals surface area contributed by atoms with Crippen molar-refractivity contribution in [1.82, 2.24) is 25.1 Å². The Balaban J connectivity index is 1.58. The van der Waals surface area contributed by atoms with Gasteiger partial charge in [0.25, 0.3) is 5.91 Å². The maximum absolute atomic E-state index is 12.4. The summed E-state index contributed by atoms with van der Waals surface area (Å²) in [5.41, 5.74) is 7.62. The van der Waals surface area contributed by atoms with Gasteiger partial charge in [-0.2, -0.15) is 5.10 Å². The van der Waals surface area contributed by atoms with Crippen LogP contribution in [0, 0.1) is 5.92 Å². The molecule has 2 atom stereocenters. The zero-order chi connectivity index (χ0) is 18.6. The lowest BCUT2D eigenvalue weighted by Gasteiger charge is -2.24. The summed E-state index contributed by atoms with van der Waals surface area (Å²) in [4.78, 5) is 20.3. The van der Waals surface area contributed by atoms with Crippen molar-refractivity contribution >= 4 is 17.4 Å². The molecular formula is C19H21N7O. The first-order valence-electron chi connectivity index (χ1n) is 8.90. The van der Waals surface area contributed by atoms with Gasteiger partial charge in [-0.05, 0) is 24.4 Å². The highest BCUT2D eigenvalue weighted by Gasteiger charge is 2.28. The van der Waals surface area contributed by atoms with Crippen molar-refractivity contribution in [3.63, 3.8) is 0 Å². The normalized spacial score (nSPS) is 17.6. The van der Waals surface area contributed by atoms with Gasteiger partial charge in [0.15, 0.2) is 11.5 Å². The molecule has 4 N–H and O–H groups in total. The number of nitrogens with one attached hydrogen (secondary N) is 2. The largest absolute Gasteiger partial charge is 0.382 e. The molecule has 2 unspecified atom stereocenters. The summed E-state index contributed by atoms with van der Waals surface area (Å²) >= 11 is 0. The average Bonchev–Trinajstić information content (AvgIpc) is 3.36. The van der Waals surface area contributed by atoms with Crippen molar-refractivity contribution in [3.8, 4) is 0 Å². The van der Waals surface area contributed by atoms with Crippen LogP contribution in [0.4, 0.5) is 11.5 Å². The van der Waals surface area contributed by atoms with Crippen molar-refractivity contribution in [2.24, 2.45) is 5.92 Å². The molecule has 8 heteroatoms. The smallest absolute Gasteiger partial charge is 0.278 e. The molecule has 2 aromatic heterocycles. The molecule has 0 spiro atoms. The van der Waals surface area contributed by atoms with Crippen LogP contribution in [-0.4, -0.2) is 38.7 Å². The summed E-state index contributed by atoms with van der Waals surface area (Å²) in [7, 11) is 0. The Morgan fingerprint density at radius 2 is 2.07 bits per heavy atom. The molecule has 3 heterocycles. The molecule has 3 aromatic rings. The van der Waals surface area contributed by atoms with Crippen LogP contribution < -0.4 is 16.4 Å². The number of rotatable bonds is 5. The molecular weight excluding hydrogens is 342 g/mol. The standard InChI is InChI=1S/C19H21N7O/c20-18-16(22-8-9-23-18)19(27)25-15-11-24-26(12-15)17(14-6-7-21-10-14)13-4-2-1-3-5-13/h1-5,8-9,11-12,14,17,21H,6-7,10H2,(H2,20,23)(H,25,27). The molecule has 1 amide bonds. The highest BCUT2D eigenvalue weighted by atomic mass is 16.1. The van der Waals surface area contributed by atoms with E-state index in [9.17, 15) is 4.79 Å². The van der Waals surface area contributed by atoms with E-state index >= 15 is 0 Å². The number of nitrogens with zero attached hydrogens (tertiary/aromatic N) is 4. The van der Waals surface area contributed by atoms with Crippen LogP contribution in [0.5, 0.6) is 0 Å². The van der Waals surface area contributed by atoms with Crippen molar-refractivity contribution in [2.45, 2.75) is 12.5 Å². The number of nitrogen functional groups attached to an aromatic ring is 1. The van der Waals surface area contributed by atoms with Crippen molar-refractivity contribution in [3.05, 3.63) is 66.4 Å². The van der Waals surface area contributed by atoms with E-state index in [4.69, 9.17) is 5.73 Å². The van der Waals surface area contributed by atoms with Crippen LogP contribution in [0.2, 0.25) is 0 Å². The Labute approximate surface area is 156 Å². The van der Waals surface area contributed by atoms with E-state index in [1.54, 1.807) is 6.20 Å². The van der Waals surface area contributed by atoms with E-state index in [-0.39, 0.29) is 17.6 Å². The minimum atomic E-state index is -0.404. The predicted octanol–water partition coefficient (Wildman–Crippen LogP) is 1.71. The quantitative estimate of drug-likeness (QED) is 0.636.